The molecule has 0 amide bonds. The molecular weight excluding hydrogens is 373 g/mol. The fraction of sp³-hybridized carbons (Fsp3) is 0.520. The van der Waals surface area contributed by atoms with Crippen molar-refractivity contribution in [1.29, 1.82) is 0 Å². The van der Waals surface area contributed by atoms with E-state index in [4.69, 9.17) is 4.74 Å². The van der Waals surface area contributed by atoms with Gasteiger partial charge in [-0.2, -0.15) is 0 Å². The zero-order valence-corrected chi connectivity index (χ0v) is 21.2. The van der Waals surface area contributed by atoms with E-state index in [1.54, 1.807) is 19.2 Å². The molecule has 29 heavy (non-hydrogen) atoms. The van der Waals surface area contributed by atoms with Crippen LogP contribution in [0.1, 0.15) is 56.2 Å². The van der Waals surface area contributed by atoms with Gasteiger partial charge in [-0.3, -0.25) is 9.78 Å². The lowest BCUT2D eigenvalue weighted by Crippen LogP contribution is -2.19. The third-order valence-electron chi connectivity index (χ3n) is 4.42. The lowest BCUT2D eigenvalue weighted by atomic mass is 10.1. The summed E-state index contributed by atoms with van der Waals surface area (Å²) in [6, 6.07) is 13.8. The monoisotopic (exact) mass is 413 g/mol. The molecule has 0 saturated carbocycles. The number of nitrogens with zero attached hydrogens (tertiary/aromatic N) is 1. The number of carbonyl (C=O) groups is 1. The van der Waals surface area contributed by atoms with E-state index >= 15 is 0 Å². The Morgan fingerprint density at radius 3 is 1.83 bits per heavy atom. The maximum absolute atomic E-state index is 11.5. The SMILES string of the molecule is CC(C)[CH2][AlH][CH2]C(C)C.COC(C)C(=O)c1ccc(C)nc1.Cc1ccccc1. The average Bonchev–Trinajstić information content (AvgIpc) is 2.68. The Labute approximate surface area is 185 Å². The summed E-state index contributed by atoms with van der Waals surface area (Å²) in [6.45, 7) is 15.0. The molecule has 0 radical (unpaired) electrons. The maximum atomic E-state index is 11.5. The Balaban J connectivity index is 0.000000429. The minimum atomic E-state index is -0.399. The first-order chi connectivity index (χ1) is 13.7. The Morgan fingerprint density at radius 1 is 0.931 bits per heavy atom. The summed E-state index contributed by atoms with van der Waals surface area (Å²) in [5.74, 6) is 1.88. The molecule has 1 aromatic heterocycles. The number of hydrogen-bond acceptors (Lipinski definition) is 3. The Morgan fingerprint density at radius 2 is 1.48 bits per heavy atom. The predicted octanol–water partition coefficient (Wildman–Crippen LogP) is 6.17. The number of aryl methyl sites for hydroxylation is 2. The summed E-state index contributed by atoms with van der Waals surface area (Å²) in [6.07, 6.45) is 1.18. The Bertz CT molecular complexity index is 646. The third kappa shape index (κ3) is 15.1. The predicted molar refractivity (Wildman–Crippen MR) is 127 cm³/mol. The number of ether oxygens (including phenoxy) is 1. The van der Waals surface area contributed by atoms with E-state index in [2.05, 4.69) is 51.7 Å². The van der Waals surface area contributed by atoms with Gasteiger partial charge in [-0.15, -0.1) is 0 Å². The van der Waals surface area contributed by atoms with Gasteiger partial charge >= 0.3 is 0 Å². The van der Waals surface area contributed by atoms with E-state index < -0.39 is 6.10 Å². The van der Waals surface area contributed by atoms with Crippen LogP contribution >= 0.6 is 0 Å². The molecule has 0 bridgehead atoms. The maximum Gasteiger partial charge on any atom is 0.237 e. The van der Waals surface area contributed by atoms with E-state index in [9.17, 15) is 4.79 Å². The number of pyridine rings is 1. The second kappa shape index (κ2) is 16.3. The number of aromatic nitrogens is 1. The van der Waals surface area contributed by atoms with Gasteiger partial charge < -0.3 is 4.74 Å². The average molecular weight is 414 g/mol. The molecule has 3 nitrogen and oxygen atoms in total. The van der Waals surface area contributed by atoms with Crippen LogP contribution in [0.15, 0.2) is 48.7 Å². The first-order valence-corrected chi connectivity index (χ1v) is 12.7. The molecule has 1 unspecified atom stereocenters. The van der Waals surface area contributed by atoms with Crippen molar-refractivity contribution in [3.63, 3.8) is 0 Å². The summed E-state index contributed by atoms with van der Waals surface area (Å²) in [7, 11) is 1.52. The fourth-order valence-corrected chi connectivity index (χ4v) is 4.29. The van der Waals surface area contributed by atoms with E-state index in [-0.39, 0.29) is 5.78 Å². The highest BCUT2D eigenvalue weighted by molar-refractivity contribution is 6.35. The summed E-state index contributed by atoms with van der Waals surface area (Å²) in [4.78, 5) is 15.6. The molecule has 4 heteroatoms. The highest BCUT2D eigenvalue weighted by atomic mass is 27.1. The highest BCUT2D eigenvalue weighted by Crippen LogP contribution is 2.06. The highest BCUT2D eigenvalue weighted by Gasteiger charge is 2.13. The summed E-state index contributed by atoms with van der Waals surface area (Å²) >= 11 is 0.316. The van der Waals surface area contributed by atoms with E-state index in [0.29, 0.717) is 20.8 Å². The number of benzene rings is 1. The summed E-state index contributed by atoms with van der Waals surface area (Å²) in [5.41, 5.74) is 2.82. The van der Waals surface area contributed by atoms with Crippen LogP contribution in [0.25, 0.3) is 0 Å². The minimum Gasteiger partial charge on any atom is -0.374 e. The van der Waals surface area contributed by atoms with Gasteiger partial charge in [0.05, 0.1) is 0 Å². The second-order valence-corrected chi connectivity index (χ2v) is 10.2. The van der Waals surface area contributed by atoms with Crippen LogP contribution in [-0.4, -0.2) is 39.2 Å². The molecule has 0 N–H and O–H groups in total. The number of ketones is 1. The van der Waals surface area contributed by atoms with Gasteiger partial charge in [0.1, 0.15) is 6.10 Å². The molecular formula is C25H40AlNO2. The zero-order chi connectivity index (χ0) is 22.2. The summed E-state index contributed by atoms with van der Waals surface area (Å²) < 4.78 is 4.92. The molecule has 1 atom stereocenters. The number of carbonyl (C=O) groups excluding carboxylic acids is 1. The van der Waals surface area contributed by atoms with Gasteiger partial charge in [0, 0.05) is 24.6 Å². The van der Waals surface area contributed by atoms with Crippen molar-refractivity contribution in [2.45, 2.75) is 65.1 Å². The zero-order valence-electron chi connectivity index (χ0n) is 19.7. The smallest absolute Gasteiger partial charge is 0.237 e. The first kappa shape index (κ1) is 27.5. The largest absolute Gasteiger partial charge is 0.374 e. The normalized spacial score (nSPS) is 11.1. The van der Waals surface area contributed by atoms with E-state index in [1.165, 1.54) is 23.2 Å². The molecule has 160 valence electrons. The van der Waals surface area contributed by atoms with Crippen LogP contribution in [0.4, 0.5) is 0 Å². The molecule has 0 fully saturated rings. The van der Waals surface area contributed by atoms with Crippen molar-refractivity contribution in [3.05, 3.63) is 65.5 Å². The summed E-state index contributed by atoms with van der Waals surface area (Å²) in [5, 5.41) is 3.08. The molecule has 2 rings (SSSR count). The van der Waals surface area contributed by atoms with Gasteiger partial charge in [0.15, 0.2) is 5.78 Å². The van der Waals surface area contributed by atoms with Crippen molar-refractivity contribution in [2.24, 2.45) is 11.8 Å². The Hall–Kier alpha value is -1.47. The molecule has 0 spiro atoms. The molecule has 0 aliphatic rings. The van der Waals surface area contributed by atoms with Crippen molar-refractivity contribution in [1.82, 2.24) is 4.98 Å². The van der Waals surface area contributed by atoms with Crippen LogP contribution in [0.3, 0.4) is 0 Å². The number of rotatable bonds is 7. The molecule has 0 saturated heterocycles. The second-order valence-electron chi connectivity index (χ2n) is 8.30. The number of Topliss-reactive ketones (excluding diaryl/α,β-unsaturated/α-hetero) is 1. The molecule has 0 aliphatic carbocycles. The lowest BCUT2D eigenvalue weighted by molar-refractivity contribution is 0.0655. The number of hydrogen-bond donors (Lipinski definition) is 0. The molecule has 0 aliphatic heterocycles. The molecule has 2 aromatic rings. The van der Waals surface area contributed by atoms with E-state index in [0.717, 1.165) is 17.5 Å². The Kier molecular flexibility index (Phi) is 15.5. The minimum absolute atomic E-state index is 0.0324. The quantitative estimate of drug-likeness (QED) is 0.402. The van der Waals surface area contributed by atoms with Crippen LogP contribution in [0.5, 0.6) is 0 Å². The van der Waals surface area contributed by atoms with Crippen molar-refractivity contribution in [3.8, 4) is 0 Å². The van der Waals surface area contributed by atoms with Gasteiger partial charge in [0.2, 0.25) is 15.2 Å². The van der Waals surface area contributed by atoms with Gasteiger partial charge in [-0.05, 0) is 32.9 Å². The van der Waals surface area contributed by atoms with Crippen molar-refractivity contribution >= 4 is 21.0 Å². The van der Waals surface area contributed by atoms with Crippen LogP contribution in [0.2, 0.25) is 10.6 Å². The standard InChI is InChI=1S/C10H13NO2.C7H8.2C4H9.Al.H/c1-7-4-5-9(6-11-7)10(12)8(2)13-3;1-7-5-3-2-4-6-7;2*1-4(2)3;;/h4-6,8H,1-3H3;2-6H,1H3;2*4H,1H2,2-3H3;;. The van der Waals surface area contributed by atoms with Crippen molar-refractivity contribution < 1.29 is 9.53 Å². The van der Waals surface area contributed by atoms with Crippen LogP contribution < -0.4 is 0 Å². The van der Waals surface area contributed by atoms with Gasteiger partial charge in [-0.25, -0.2) is 0 Å². The lowest BCUT2D eigenvalue weighted by Gasteiger charge is -2.07. The number of methoxy groups -OCH3 is 1. The van der Waals surface area contributed by atoms with Gasteiger partial charge in [0.25, 0.3) is 0 Å². The van der Waals surface area contributed by atoms with Crippen molar-refractivity contribution in [2.75, 3.05) is 7.11 Å². The third-order valence-corrected chi connectivity index (χ3v) is 7.55. The van der Waals surface area contributed by atoms with Crippen LogP contribution in [0, 0.1) is 25.7 Å². The van der Waals surface area contributed by atoms with Gasteiger partial charge in [-0.1, -0.05) is 86.0 Å². The first-order valence-electron chi connectivity index (χ1n) is 10.7. The fourth-order valence-electron chi connectivity index (χ4n) is 2.42. The van der Waals surface area contributed by atoms with Crippen LogP contribution in [-0.2, 0) is 4.74 Å². The molecule has 1 heterocycles. The topological polar surface area (TPSA) is 39.2 Å². The van der Waals surface area contributed by atoms with E-state index in [1.807, 2.05) is 31.2 Å². The molecule has 1 aromatic carbocycles.